The number of hydrogen-bond donors (Lipinski definition) is 2. The summed E-state index contributed by atoms with van der Waals surface area (Å²) in [4.78, 5) is 13.4. The summed E-state index contributed by atoms with van der Waals surface area (Å²) in [7, 11) is 1.57. The minimum atomic E-state index is -0.298. The number of ketones is 1. The van der Waals surface area contributed by atoms with E-state index in [1.807, 2.05) is 26.0 Å². The van der Waals surface area contributed by atoms with Crippen LogP contribution in [0.4, 0.5) is 0 Å². The predicted octanol–water partition coefficient (Wildman–Crippen LogP) is 4.43. The molecule has 2 aromatic rings. The van der Waals surface area contributed by atoms with Gasteiger partial charge in [0.05, 0.1) is 7.11 Å². The molecule has 0 unspecified atom stereocenters. The van der Waals surface area contributed by atoms with Gasteiger partial charge in [0.2, 0.25) is 0 Å². The van der Waals surface area contributed by atoms with Gasteiger partial charge in [0.15, 0.2) is 5.78 Å². The molecule has 0 aliphatic rings. The van der Waals surface area contributed by atoms with Crippen molar-refractivity contribution in [1.29, 1.82) is 0 Å². The van der Waals surface area contributed by atoms with Gasteiger partial charge in [0, 0.05) is 22.1 Å². The Bertz CT molecular complexity index is 842. The fraction of sp³-hybridized carbons (Fsp3) is 0.158. The molecular weight excluding hydrogens is 354 g/mol. The van der Waals surface area contributed by atoms with Crippen molar-refractivity contribution in [2.45, 2.75) is 18.7 Å². The lowest BCUT2D eigenvalue weighted by atomic mass is 9.99. The van der Waals surface area contributed by atoms with Gasteiger partial charge >= 0.3 is 0 Å². The third-order valence-electron chi connectivity index (χ3n) is 3.81. The molecule has 0 aliphatic heterocycles. The number of rotatable bonds is 5. The molecule has 3 N–H and O–H groups in total. The third kappa shape index (κ3) is 4.61. The zero-order valence-electron chi connectivity index (χ0n) is 14.2. The summed E-state index contributed by atoms with van der Waals surface area (Å²) in [5.74, 6) is 0.264. The Morgan fingerprint density at radius 2 is 1.84 bits per heavy atom. The SMILES string of the molecule is COc1ccc(C(O)=CC(=O)c2c(SC(N)=S)ccc(C)c2C)cc1. The first-order chi connectivity index (χ1) is 11.8. The Morgan fingerprint density at radius 3 is 2.40 bits per heavy atom. The Labute approximate surface area is 156 Å². The molecule has 0 heterocycles. The maximum absolute atomic E-state index is 12.8. The standard InChI is InChI=1S/C19H19NO3S2/c1-11-4-9-17(25-19(20)24)18(12(11)2)16(22)10-15(21)13-5-7-14(23-3)8-6-13/h4-10,21H,1-3H3,(H2,20,24). The van der Waals surface area contributed by atoms with Crippen molar-refractivity contribution in [3.63, 3.8) is 0 Å². The highest BCUT2D eigenvalue weighted by molar-refractivity contribution is 8.23. The van der Waals surface area contributed by atoms with Crippen LogP contribution in [0.5, 0.6) is 5.75 Å². The molecule has 0 spiro atoms. The van der Waals surface area contributed by atoms with Gasteiger partial charge in [0.25, 0.3) is 0 Å². The number of carbonyl (C=O) groups excluding carboxylic acids is 1. The quantitative estimate of drug-likeness (QED) is 0.266. The summed E-state index contributed by atoms with van der Waals surface area (Å²) >= 11 is 6.11. The van der Waals surface area contributed by atoms with E-state index < -0.39 is 0 Å². The lowest BCUT2D eigenvalue weighted by Gasteiger charge is -2.12. The second-order valence-corrected chi connectivity index (χ2v) is 7.21. The number of methoxy groups -OCH3 is 1. The molecule has 0 amide bonds. The number of thiocarbonyl (C=S) groups is 1. The van der Waals surface area contributed by atoms with Crippen molar-refractivity contribution in [3.8, 4) is 5.75 Å². The van der Waals surface area contributed by atoms with Crippen molar-refractivity contribution in [1.82, 2.24) is 0 Å². The highest BCUT2D eigenvalue weighted by Crippen LogP contribution is 2.29. The van der Waals surface area contributed by atoms with Crippen LogP contribution in [0, 0.1) is 13.8 Å². The number of ether oxygens (including phenoxy) is 1. The summed E-state index contributed by atoms with van der Waals surface area (Å²) < 4.78 is 5.32. The normalized spacial score (nSPS) is 11.2. The van der Waals surface area contributed by atoms with Crippen LogP contribution in [-0.2, 0) is 0 Å². The fourth-order valence-electron chi connectivity index (χ4n) is 2.33. The first-order valence-corrected chi connectivity index (χ1v) is 8.73. The highest BCUT2D eigenvalue weighted by Gasteiger charge is 2.16. The molecule has 2 aromatic carbocycles. The highest BCUT2D eigenvalue weighted by atomic mass is 32.2. The van der Waals surface area contributed by atoms with Crippen molar-refractivity contribution in [2.75, 3.05) is 7.11 Å². The van der Waals surface area contributed by atoms with Crippen molar-refractivity contribution >= 4 is 39.8 Å². The summed E-state index contributed by atoms with van der Waals surface area (Å²) in [5, 5.41) is 10.3. The molecule has 0 radical (unpaired) electrons. The molecular formula is C19H19NO3S2. The van der Waals surface area contributed by atoms with Crippen LogP contribution in [0.25, 0.3) is 5.76 Å². The van der Waals surface area contributed by atoms with Gasteiger partial charge in [-0.15, -0.1) is 0 Å². The third-order valence-corrected chi connectivity index (χ3v) is 4.82. The summed E-state index contributed by atoms with van der Waals surface area (Å²) in [6.07, 6.45) is 1.22. The average Bonchev–Trinajstić information content (AvgIpc) is 2.57. The van der Waals surface area contributed by atoms with Crippen molar-refractivity contribution in [3.05, 3.63) is 64.7 Å². The van der Waals surface area contributed by atoms with E-state index in [1.54, 1.807) is 31.4 Å². The number of benzene rings is 2. The van der Waals surface area contributed by atoms with Gasteiger partial charge in [0.1, 0.15) is 15.8 Å². The van der Waals surface area contributed by atoms with Gasteiger partial charge in [-0.05, 0) is 55.3 Å². The zero-order chi connectivity index (χ0) is 18.6. The molecule has 0 aromatic heterocycles. The van der Waals surface area contributed by atoms with Gasteiger partial charge in [-0.1, -0.05) is 30.0 Å². The number of hydrogen-bond acceptors (Lipinski definition) is 5. The first kappa shape index (κ1) is 19.0. The maximum atomic E-state index is 12.8. The number of thioether (sulfide) groups is 1. The maximum Gasteiger partial charge on any atom is 0.190 e. The van der Waals surface area contributed by atoms with E-state index in [2.05, 4.69) is 0 Å². The number of aliphatic hydroxyl groups excluding tert-OH is 1. The number of aryl methyl sites for hydroxylation is 1. The van der Waals surface area contributed by atoms with Crippen molar-refractivity contribution < 1.29 is 14.6 Å². The van der Waals surface area contributed by atoms with Crippen LogP contribution in [0.2, 0.25) is 0 Å². The molecule has 0 bridgehead atoms. The molecule has 2 rings (SSSR count). The molecule has 6 heteroatoms. The van der Waals surface area contributed by atoms with E-state index >= 15 is 0 Å². The van der Waals surface area contributed by atoms with E-state index in [1.165, 1.54) is 17.8 Å². The van der Waals surface area contributed by atoms with Gasteiger partial charge in [-0.3, -0.25) is 4.79 Å². The summed E-state index contributed by atoms with van der Waals surface area (Å²) in [6, 6.07) is 10.5. The van der Waals surface area contributed by atoms with E-state index in [-0.39, 0.29) is 15.9 Å². The average molecular weight is 373 g/mol. The predicted molar refractivity (Wildman–Crippen MR) is 106 cm³/mol. The fourth-order valence-corrected chi connectivity index (χ4v) is 3.31. The Hall–Kier alpha value is -2.31. The minimum Gasteiger partial charge on any atom is -0.507 e. The van der Waals surface area contributed by atoms with Crippen LogP contribution in [0.1, 0.15) is 27.0 Å². The molecule has 0 fully saturated rings. The van der Waals surface area contributed by atoms with Crippen LogP contribution in [0.3, 0.4) is 0 Å². The lowest BCUT2D eigenvalue weighted by molar-refractivity contribution is 0.104. The number of allylic oxidation sites excluding steroid dienone is 1. The zero-order valence-corrected chi connectivity index (χ0v) is 15.8. The smallest absolute Gasteiger partial charge is 0.190 e. The number of carbonyl (C=O) groups is 1. The first-order valence-electron chi connectivity index (χ1n) is 7.50. The monoisotopic (exact) mass is 373 g/mol. The minimum absolute atomic E-state index is 0.111. The number of aliphatic hydroxyl groups is 1. The Kier molecular flexibility index (Phi) is 6.22. The topological polar surface area (TPSA) is 72.5 Å². The van der Waals surface area contributed by atoms with Crippen LogP contribution >= 0.6 is 24.0 Å². The molecule has 0 aliphatic carbocycles. The molecule has 0 saturated carbocycles. The molecule has 0 saturated heterocycles. The summed E-state index contributed by atoms with van der Waals surface area (Å²) in [5.41, 5.74) is 8.45. The van der Waals surface area contributed by atoms with Gasteiger partial charge < -0.3 is 15.6 Å². The molecule has 25 heavy (non-hydrogen) atoms. The lowest BCUT2D eigenvalue weighted by Crippen LogP contribution is -2.07. The van der Waals surface area contributed by atoms with E-state index in [0.29, 0.717) is 21.8 Å². The second-order valence-electron chi connectivity index (χ2n) is 5.42. The Morgan fingerprint density at radius 1 is 1.20 bits per heavy atom. The Balaban J connectivity index is 2.41. The van der Waals surface area contributed by atoms with Crippen LogP contribution in [0.15, 0.2) is 47.4 Å². The molecule has 0 atom stereocenters. The van der Waals surface area contributed by atoms with Crippen LogP contribution in [-0.4, -0.2) is 22.3 Å². The largest absolute Gasteiger partial charge is 0.507 e. The van der Waals surface area contributed by atoms with Gasteiger partial charge in [-0.25, -0.2) is 0 Å². The van der Waals surface area contributed by atoms with E-state index in [4.69, 9.17) is 22.7 Å². The molecule has 4 nitrogen and oxygen atoms in total. The van der Waals surface area contributed by atoms with E-state index in [9.17, 15) is 9.90 Å². The van der Waals surface area contributed by atoms with Crippen molar-refractivity contribution in [2.24, 2.45) is 5.73 Å². The molecule has 130 valence electrons. The van der Waals surface area contributed by atoms with Crippen LogP contribution < -0.4 is 10.5 Å². The van der Waals surface area contributed by atoms with E-state index in [0.717, 1.165) is 11.1 Å². The number of nitrogens with two attached hydrogens (primary N) is 1. The second kappa shape index (κ2) is 8.18. The summed E-state index contributed by atoms with van der Waals surface area (Å²) in [6.45, 7) is 3.79. The van der Waals surface area contributed by atoms with Gasteiger partial charge in [-0.2, -0.15) is 0 Å².